The van der Waals surface area contributed by atoms with E-state index in [0.29, 0.717) is 17.7 Å². The van der Waals surface area contributed by atoms with E-state index in [9.17, 15) is 9.59 Å². The molecule has 0 aliphatic heterocycles. The van der Waals surface area contributed by atoms with Gasteiger partial charge in [-0.15, -0.1) is 0 Å². The second kappa shape index (κ2) is 7.98. The van der Waals surface area contributed by atoms with Gasteiger partial charge in [0.2, 0.25) is 0 Å². The van der Waals surface area contributed by atoms with Gasteiger partial charge in [-0.1, -0.05) is 31.2 Å². The van der Waals surface area contributed by atoms with E-state index in [2.05, 4.69) is 10.6 Å². The Labute approximate surface area is 135 Å². The molecule has 0 fully saturated rings. The summed E-state index contributed by atoms with van der Waals surface area (Å²) in [6, 6.07) is 15.8. The van der Waals surface area contributed by atoms with Crippen LogP contribution in [0, 0.1) is 0 Å². The zero-order chi connectivity index (χ0) is 16.7. The minimum atomic E-state index is -0.417. The molecule has 2 aromatic carbocycles. The number of amides is 1. The highest BCUT2D eigenvalue weighted by atomic mass is 16.5. The van der Waals surface area contributed by atoms with Gasteiger partial charge in [0.15, 0.2) is 0 Å². The lowest BCUT2D eigenvalue weighted by Crippen LogP contribution is -2.29. The van der Waals surface area contributed by atoms with Crippen LogP contribution in [0.25, 0.3) is 0 Å². The standard InChI is InChI=1S/C18H20N2O3/c1-3-16(18(22)23-2)19-14-10-7-11-15(12-14)20-17(21)13-8-5-4-6-9-13/h4-12,16,19H,3H2,1-2H3,(H,20,21). The first-order valence-corrected chi connectivity index (χ1v) is 7.45. The molecule has 0 bridgehead atoms. The third kappa shape index (κ3) is 4.57. The monoisotopic (exact) mass is 312 g/mol. The molecule has 0 aliphatic rings. The second-order valence-corrected chi connectivity index (χ2v) is 5.03. The maximum absolute atomic E-state index is 12.2. The van der Waals surface area contributed by atoms with Crippen molar-refractivity contribution in [2.24, 2.45) is 0 Å². The van der Waals surface area contributed by atoms with Crippen LogP contribution >= 0.6 is 0 Å². The van der Waals surface area contributed by atoms with Crippen molar-refractivity contribution in [1.29, 1.82) is 0 Å². The first-order valence-electron chi connectivity index (χ1n) is 7.45. The number of methoxy groups -OCH3 is 1. The fourth-order valence-corrected chi connectivity index (χ4v) is 2.15. The molecular weight excluding hydrogens is 292 g/mol. The third-order valence-corrected chi connectivity index (χ3v) is 3.39. The van der Waals surface area contributed by atoms with Crippen molar-refractivity contribution in [3.05, 3.63) is 60.2 Å². The summed E-state index contributed by atoms with van der Waals surface area (Å²) in [6.45, 7) is 1.90. The van der Waals surface area contributed by atoms with Gasteiger partial charge in [0, 0.05) is 16.9 Å². The number of nitrogens with one attached hydrogen (secondary N) is 2. The van der Waals surface area contributed by atoms with Crippen LogP contribution in [0.1, 0.15) is 23.7 Å². The molecule has 0 saturated heterocycles. The lowest BCUT2D eigenvalue weighted by molar-refractivity contribution is -0.141. The first-order chi connectivity index (χ1) is 11.1. The highest BCUT2D eigenvalue weighted by Crippen LogP contribution is 2.18. The van der Waals surface area contributed by atoms with E-state index in [1.54, 1.807) is 24.3 Å². The van der Waals surface area contributed by atoms with Crippen molar-refractivity contribution in [2.45, 2.75) is 19.4 Å². The molecule has 2 N–H and O–H groups in total. The van der Waals surface area contributed by atoms with E-state index in [-0.39, 0.29) is 11.9 Å². The molecule has 1 atom stereocenters. The maximum atomic E-state index is 12.2. The number of hydrogen-bond donors (Lipinski definition) is 2. The van der Waals surface area contributed by atoms with Gasteiger partial charge >= 0.3 is 5.97 Å². The van der Waals surface area contributed by atoms with Crippen LogP contribution in [0.5, 0.6) is 0 Å². The van der Waals surface area contributed by atoms with Crippen molar-refractivity contribution in [3.63, 3.8) is 0 Å². The predicted octanol–water partition coefficient (Wildman–Crippen LogP) is 3.30. The van der Waals surface area contributed by atoms with E-state index in [0.717, 1.165) is 5.69 Å². The predicted molar refractivity (Wildman–Crippen MR) is 90.6 cm³/mol. The van der Waals surface area contributed by atoms with Crippen LogP contribution in [-0.4, -0.2) is 25.0 Å². The number of carbonyl (C=O) groups is 2. The average molecular weight is 312 g/mol. The van der Waals surface area contributed by atoms with Gasteiger partial charge < -0.3 is 15.4 Å². The number of anilines is 2. The molecule has 0 heterocycles. The second-order valence-electron chi connectivity index (χ2n) is 5.03. The van der Waals surface area contributed by atoms with Crippen LogP contribution < -0.4 is 10.6 Å². The van der Waals surface area contributed by atoms with E-state index in [1.165, 1.54) is 7.11 Å². The van der Waals surface area contributed by atoms with E-state index in [4.69, 9.17) is 4.74 Å². The minimum absolute atomic E-state index is 0.178. The number of carbonyl (C=O) groups excluding carboxylic acids is 2. The quantitative estimate of drug-likeness (QED) is 0.803. The molecule has 0 aliphatic carbocycles. The van der Waals surface area contributed by atoms with Crippen LogP contribution in [0.3, 0.4) is 0 Å². The van der Waals surface area contributed by atoms with Gasteiger partial charge in [0.05, 0.1) is 7.11 Å². The Morgan fingerprint density at radius 1 is 1.04 bits per heavy atom. The molecular formula is C18H20N2O3. The van der Waals surface area contributed by atoms with Crippen molar-refractivity contribution in [1.82, 2.24) is 0 Å². The van der Waals surface area contributed by atoms with Crippen molar-refractivity contribution < 1.29 is 14.3 Å². The summed E-state index contributed by atoms with van der Waals surface area (Å²) < 4.78 is 4.76. The molecule has 120 valence electrons. The van der Waals surface area contributed by atoms with Gasteiger partial charge in [-0.25, -0.2) is 4.79 Å². The molecule has 5 nitrogen and oxygen atoms in total. The van der Waals surface area contributed by atoms with Crippen LogP contribution in [0.4, 0.5) is 11.4 Å². The molecule has 1 amide bonds. The third-order valence-electron chi connectivity index (χ3n) is 3.39. The highest BCUT2D eigenvalue weighted by Gasteiger charge is 2.16. The topological polar surface area (TPSA) is 67.4 Å². The van der Waals surface area contributed by atoms with Gasteiger partial charge in [0.25, 0.3) is 5.91 Å². The highest BCUT2D eigenvalue weighted by molar-refractivity contribution is 6.04. The average Bonchev–Trinajstić information content (AvgIpc) is 2.60. The summed E-state index contributed by atoms with van der Waals surface area (Å²) in [5.41, 5.74) is 1.99. The number of rotatable bonds is 6. The van der Waals surface area contributed by atoms with Gasteiger partial charge in [-0.05, 0) is 36.8 Å². The zero-order valence-electron chi connectivity index (χ0n) is 13.2. The lowest BCUT2D eigenvalue weighted by Gasteiger charge is -2.16. The molecule has 0 saturated carbocycles. The fraction of sp³-hybridized carbons (Fsp3) is 0.222. The fourth-order valence-electron chi connectivity index (χ4n) is 2.15. The zero-order valence-corrected chi connectivity index (χ0v) is 13.2. The summed E-state index contributed by atoms with van der Waals surface area (Å²) in [5.74, 6) is -0.492. The van der Waals surface area contributed by atoms with Crippen molar-refractivity contribution in [3.8, 4) is 0 Å². The van der Waals surface area contributed by atoms with E-state index >= 15 is 0 Å². The van der Waals surface area contributed by atoms with Gasteiger partial charge in [-0.3, -0.25) is 4.79 Å². The molecule has 23 heavy (non-hydrogen) atoms. The Morgan fingerprint density at radius 2 is 1.74 bits per heavy atom. The number of benzene rings is 2. The summed E-state index contributed by atoms with van der Waals surface area (Å²) in [7, 11) is 1.36. The Bertz CT molecular complexity index is 671. The van der Waals surface area contributed by atoms with Crippen LogP contribution in [-0.2, 0) is 9.53 Å². The molecule has 1 unspecified atom stereocenters. The van der Waals surface area contributed by atoms with Gasteiger partial charge in [0.1, 0.15) is 6.04 Å². The molecule has 0 radical (unpaired) electrons. The Hall–Kier alpha value is -2.82. The number of ether oxygens (including phenoxy) is 1. The SMILES string of the molecule is CCC(Nc1cccc(NC(=O)c2ccccc2)c1)C(=O)OC. The van der Waals surface area contributed by atoms with E-state index < -0.39 is 6.04 Å². The molecule has 2 aromatic rings. The molecule has 5 heteroatoms. The largest absolute Gasteiger partial charge is 0.467 e. The van der Waals surface area contributed by atoms with E-state index in [1.807, 2.05) is 37.3 Å². The van der Waals surface area contributed by atoms with Crippen LogP contribution in [0.15, 0.2) is 54.6 Å². The summed E-state index contributed by atoms with van der Waals surface area (Å²) in [5, 5.41) is 5.94. The smallest absolute Gasteiger partial charge is 0.328 e. The Balaban J connectivity index is 2.08. The maximum Gasteiger partial charge on any atom is 0.328 e. The normalized spacial score (nSPS) is 11.4. The first kappa shape index (κ1) is 16.5. The lowest BCUT2D eigenvalue weighted by atomic mass is 10.2. The summed E-state index contributed by atoms with van der Waals surface area (Å²) >= 11 is 0. The number of esters is 1. The summed E-state index contributed by atoms with van der Waals surface area (Å²) in [4.78, 5) is 23.8. The molecule has 0 aromatic heterocycles. The Kier molecular flexibility index (Phi) is 5.74. The number of hydrogen-bond acceptors (Lipinski definition) is 4. The Morgan fingerprint density at radius 3 is 2.39 bits per heavy atom. The van der Waals surface area contributed by atoms with Gasteiger partial charge in [-0.2, -0.15) is 0 Å². The van der Waals surface area contributed by atoms with Crippen molar-refractivity contribution >= 4 is 23.3 Å². The minimum Gasteiger partial charge on any atom is -0.467 e. The van der Waals surface area contributed by atoms with Crippen LogP contribution in [0.2, 0.25) is 0 Å². The summed E-state index contributed by atoms with van der Waals surface area (Å²) in [6.07, 6.45) is 0.604. The molecule has 0 spiro atoms. The molecule has 2 rings (SSSR count). The van der Waals surface area contributed by atoms with Crippen molar-refractivity contribution in [2.75, 3.05) is 17.7 Å².